The van der Waals surface area contributed by atoms with Gasteiger partial charge in [0.25, 0.3) is 0 Å². The third-order valence-corrected chi connectivity index (χ3v) is 5.84. The van der Waals surface area contributed by atoms with Crippen LogP contribution >= 0.6 is 11.6 Å². The van der Waals surface area contributed by atoms with Gasteiger partial charge in [-0.2, -0.15) is 0 Å². The average Bonchev–Trinajstić information content (AvgIpc) is 2.84. The molecule has 0 aliphatic carbocycles. The van der Waals surface area contributed by atoms with Gasteiger partial charge in [0, 0.05) is 50.7 Å². The molecule has 1 N–H and O–H groups in total. The summed E-state index contributed by atoms with van der Waals surface area (Å²) < 4.78 is 4.99. The summed E-state index contributed by atoms with van der Waals surface area (Å²) in [6.45, 7) is 3.28. The molecule has 0 bridgehead atoms. The van der Waals surface area contributed by atoms with Crippen LogP contribution in [0, 0.1) is 0 Å². The number of nitrogens with zero attached hydrogens (tertiary/aromatic N) is 2. The Kier molecular flexibility index (Phi) is 8.61. The van der Waals surface area contributed by atoms with Gasteiger partial charge in [-0.3, -0.25) is 5.32 Å². The van der Waals surface area contributed by atoms with Gasteiger partial charge in [-0.1, -0.05) is 36.4 Å². The predicted octanol–water partition coefficient (Wildman–Crippen LogP) is 6.18. The van der Waals surface area contributed by atoms with Crippen LogP contribution in [0.5, 0.6) is 0 Å². The zero-order valence-corrected chi connectivity index (χ0v) is 20.5. The van der Waals surface area contributed by atoms with Crippen LogP contribution in [0.25, 0.3) is 0 Å². The molecule has 1 unspecified atom stereocenters. The van der Waals surface area contributed by atoms with Gasteiger partial charge >= 0.3 is 6.09 Å². The molecule has 1 atom stereocenters. The van der Waals surface area contributed by atoms with Crippen LogP contribution in [-0.4, -0.2) is 46.3 Å². The first kappa shape index (κ1) is 24.5. The number of alkyl halides is 1. The lowest BCUT2D eigenvalue weighted by atomic mass is 9.85. The molecular weight excluding hydrogens is 434 g/mol. The Morgan fingerprint density at radius 2 is 1.33 bits per heavy atom. The van der Waals surface area contributed by atoms with E-state index in [2.05, 4.69) is 77.6 Å². The first-order valence-electron chi connectivity index (χ1n) is 11.1. The van der Waals surface area contributed by atoms with Crippen molar-refractivity contribution in [3.05, 3.63) is 89.5 Å². The lowest BCUT2D eigenvalue weighted by Crippen LogP contribution is -2.15. The number of benzene rings is 3. The minimum Gasteiger partial charge on any atom is -0.448 e. The minimum atomic E-state index is -0.505. The molecule has 0 fully saturated rings. The van der Waals surface area contributed by atoms with E-state index in [-0.39, 0.29) is 18.4 Å². The third-order valence-electron chi connectivity index (χ3n) is 5.69. The largest absolute Gasteiger partial charge is 0.448 e. The summed E-state index contributed by atoms with van der Waals surface area (Å²) in [7, 11) is 6.18. The van der Waals surface area contributed by atoms with Crippen molar-refractivity contribution in [1.29, 1.82) is 0 Å². The summed E-state index contributed by atoms with van der Waals surface area (Å²) >= 11 is 5.57. The zero-order valence-electron chi connectivity index (χ0n) is 19.7. The molecule has 3 aromatic carbocycles. The van der Waals surface area contributed by atoms with Crippen LogP contribution in [0.3, 0.4) is 0 Å². The molecule has 3 rings (SSSR count). The molecule has 0 radical (unpaired) electrons. The number of carbonyl (C=O) groups excluding carboxylic acids is 1. The second-order valence-corrected chi connectivity index (χ2v) is 8.47. The molecule has 174 valence electrons. The van der Waals surface area contributed by atoms with E-state index < -0.39 is 6.09 Å². The topological polar surface area (TPSA) is 44.8 Å². The van der Waals surface area contributed by atoms with Gasteiger partial charge in [0.15, 0.2) is 0 Å². The van der Waals surface area contributed by atoms with Crippen molar-refractivity contribution in [1.82, 2.24) is 0 Å². The van der Waals surface area contributed by atoms with Crippen molar-refractivity contribution in [3.63, 3.8) is 0 Å². The average molecular weight is 466 g/mol. The van der Waals surface area contributed by atoms with Crippen LogP contribution in [0.1, 0.15) is 29.5 Å². The molecular formula is C27H32ClN3O2. The van der Waals surface area contributed by atoms with Crippen LogP contribution in [0.15, 0.2) is 72.8 Å². The van der Waals surface area contributed by atoms with E-state index in [4.69, 9.17) is 16.3 Å². The first-order chi connectivity index (χ1) is 15.9. The normalized spacial score (nSPS) is 11.5. The lowest BCUT2D eigenvalue weighted by molar-refractivity contribution is 0.168. The highest BCUT2D eigenvalue weighted by atomic mass is 35.5. The monoisotopic (exact) mass is 465 g/mol. The fraction of sp³-hybridized carbons (Fsp3) is 0.296. The van der Waals surface area contributed by atoms with Crippen molar-refractivity contribution < 1.29 is 9.53 Å². The maximum atomic E-state index is 11.8. The van der Waals surface area contributed by atoms with Crippen LogP contribution in [0.4, 0.5) is 21.9 Å². The summed E-state index contributed by atoms with van der Waals surface area (Å²) in [5.74, 6) is 0.340. The standard InChI is InChI=1S/C27H32ClN3O2/c1-5-31(4)25-16-10-22(11-17-25)26(21-8-14-24(15-9-21)30(2)3)20-6-12-23(13-7-20)29-27(32)33-19-18-28/h6-17,26H,5,18-19H2,1-4H3,(H,29,32). The molecule has 1 amide bonds. The first-order valence-corrected chi connectivity index (χ1v) is 11.6. The number of carbonyl (C=O) groups is 1. The maximum absolute atomic E-state index is 11.8. The molecule has 0 saturated carbocycles. The molecule has 0 aliphatic heterocycles. The van der Waals surface area contributed by atoms with Crippen molar-refractivity contribution in [2.75, 3.05) is 55.3 Å². The second kappa shape index (κ2) is 11.6. The summed E-state index contributed by atoms with van der Waals surface area (Å²) in [6.07, 6.45) is -0.505. The Labute approximate surface area is 201 Å². The summed E-state index contributed by atoms with van der Waals surface area (Å²) in [6, 6.07) is 25.3. The van der Waals surface area contributed by atoms with E-state index in [9.17, 15) is 4.79 Å². The number of nitrogens with one attached hydrogen (secondary N) is 1. The van der Waals surface area contributed by atoms with Gasteiger partial charge in [-0.25, -0.2) is 4.79 Å². The summed E-state index contributed by atoms with van der Waals surface area (Å²) in [5.41, 5.74) is 6.59. The highest BCUT2D eigenvalue weighted by Crippen LogP contribution is 2.34. The lowest BCUT2D eigenvalue weighted by Gasteiger charge is -2.22. The summed E-state index contributed by atoms with van der Waals surface area (Å²) in [4.78, 5) is 16.1. The molecule has 0 heterocycles. The van der Waals surface area contributed by atoms with Gasteiger partial charge in [0.2, 0.25) is 0 Å². The number of hydrogen-bond donors (Lipinski definition) is 1. The fourth-order valence-corrected chi connectivity index (χ4v) is 3.77. The molecule has 0 saturated heterocycles. The Bertz CT molecular complexity index is 1020. The predicted molar refractivity (Wildman–Crippen MR) is 139 cm³/mol. The number of ether oxygens (including phenoxy) is 1. The van der Waals surface area contributed by atoms with E-state index in [1.807, 2.05) is 38.4 Å². The molecule has 6 heteroatoms. The highest BCUT2D eigenvalue weighted by molar-refractivity contribution is 6.18. The van der Waals surface area contributed by atoms with Crippen molar-refractivity contribution >= 4 is 34.8 Å². The van der Waals surface area contributed by atoms with Crippen LogP contribution < -0.4 is 15.1 Å². The Morgan fingerprint density at radius 3 is 1.79 bits per heavy atom. The van der Waals surface area contributed by atoms with E-state index in [0.717, 1.165) is 17.8 Å². The number of amides is 1. The van der Waals surface area contributed by atoms with E-state index in [0.29, 0.717) is 5.69 Å². The van der Waals surface area contributed by atoms with Crippen molar-refractivity contribution in [2.24, 2.45) is 0 Å². The van der Waals surface area contributed by atoms with Crippen molar-refractivity contribution in [2.45, 2.75) is 12.8 Å². The quantitative estimate of drug-likeness (QED) is 0.303. The second-order valence-electron chi connectivity index (χ2n) is 8.10. The van der Waals surface area contributed by atoms with Gasteiger partial charge < -0.3 is 14.5 Å². The SMILES string of the molecule is CCN(C)c1ccc(C(c2ccc(NC(=O)OCCCl)cc2)c2ccc(N(C)C)cc2)cc1. The molecule has 3 aromatic rings. The van der Waals surface area contributed by atoms with Crippen LogP contribution in [-0.2, 0) is 4.74 Å². The van der Waals surface area contributed by atoms with E-state index in [1.54, 1.807) is 0 Å². The van der Waals surface area contributed by atoms with Gasteiger partial charge in [-0.05, 0) is 60.0 Å². The number of hydrogen-bond acceptors (Lipinski definition) is 4. The summed E-state index contributed by atoms with van der Waals surface area (Å²) in [5, 5.41) is 2.74. The van der Waals surface area contributed by atoms with E-state index >= 15 is 0 Å². The Morgan fingerprint density at radius 1 is 0.848 bits per heavy atom. The number of halogens is 1. The molecule has 0 spiro atoms. The smallest absolute Gasteiger partial charge is 0.411 e. The van der Waals surface area contributed by atoms with Crippen LogP contribution in [0.2, 0.25) is 0 Å². The molecule has 5 nitrogen and oxygen atoms in total. The third kappa shape index (κ3) is 6.42. The number of rotatable bonds is 9. The Hall–Kier alpha value is -3.18. The van der Waals surface area contributed by atoms with Crippen molar-refractivity contribution in [3.8, 4) is 0 Å². The maximum Gasteiger partial charge on any atom is 0.411 e. The van der Waals surface area contributed by atoms with Gasteiger partial charge in [0.1, 0.15) is 6.61 Å². The Balaban J connectivity index is 1.92. The fourth-order valence-electron chi connectivity index (χ4n) is 3.69. The van der Waals surface area contributed by atoms with Gasteiger partial charge in [-0.15, -0.1) is 11.6 Å². The molecule has 33 heavy (non-hydrogen) atoms. The number of anilines is 3. The van der Waals surface area contributed by atoms with E-state index in [1.165, 1.54) is 16.8 Å². The molecule has 0 aliphatic rings. The zero-order chi connectivity index (χ0) is 23.8. The molecule has 0 aromatic heterocycles. The highest BCUT2D eigenvalue weighted by Gasteiger charge is 2.18. The van der Waals surface area contributed by atoms with Gasteiger partial charge in [0.05, 0.1) is 5.88 Å². The minimum absolute atomic E-state index is 0.0689.